The van der Waals surface area contributed by atoms with E-state index in [2.05, 4.69) is 9.98 Å². The third kappa shape index (κ3) is 4.46. The number of ether oxygens (including phenoxy) is 3. The van der Waals surface area contributed by atoms with E-state index in [9.17, 15) is 5.11 Å². The topological polar surface area (TPSA) is 86.3 Å². The first-order valence-electron chi connectivity index (χ1n) is 9.85. The largest absolute Gasteiger partial charge is 0.491 e. The average molecular weight is 408 g/mol. The Balaban J connectivity index is 1.35. The highest BCUT2D eigenvalue weighted by Crippen LogP contribution is 2.28. The van der Waals surface area contributed by atoms with Crippen LogP contribution in [0.25, 0.3) is 11.3 Å². The van der Waals surface area contributed by atoms with Crippen molar-refractivity contribution in [1.29, 1.82) is 0 Å². The summed E-state index contributed by atoms with van der Waals surface area (Å²) in [5.41, 5.74) is 1.05. The van der Waals surface area contributed by atoms with Gasteiger partial charge in [-0.2, -0.15) is 0 Å². The molecule has 7 heteroatoms. The van der Waals surface area contributed by atoms with Crippen LogP contribution in [0.5, 0.6) is 17.2 Å². The number of aryl methyl sites for hydroxylation is 1. The van der Waals surface area contributed by atoms with Crippen LogP contribution in [-0.2, 0) is 11.2 Å². The third-order valence-corrected chi connectivity index (χ3v) is 4.81. The molecule has 0 spiro atoms. The maximum absolute atomic E-state index is 9.63. The molecular formula is C23H24N2O5. The zero-order valence-electron chi connectivity index (χ0n) is 17.0. The zero-order valence-corrected chi connectivity index (χ0v) is 17.0. The van der Waals surface area contributed by atoms with Gasteiger partial charge in [-0.05, 0) is 48.5 Å². The highest BCUT2D eigenvalue weighted by atomic mass is 16.5. The SMILES string of the molecule is CCc1nc(-c2ccc(Oc3ccc(OCC4(CO)COC(C)=N4)cc3)cc2)co1. The lowest BCUT2D eigenvalue weighted by atomic mass is 10.1. The number of hydrogen-bond acceptors (Lipinski definition) is 7. The van der Waals surface area contributed by atoms with Crippen molar-refractivity contribution in [3.8, 4) is 28.5 Å². The normalized spacial score (nSPS) is 18.0. The van der Waals surface area contributed by atoms with Crippen LogP contribution in [0.4, 0.5) is 0 Å². The Hall–Kier alpha value is -3.32. The van der Waals surface area contributed by atoms with E-state index in [0.717, 1.165) is 29.3 Å². The number of nitrogens with zero attached hydrogens (tertiary/aromatic N) is 2. The fraction of sp³-hybridized carbons (Fsp3) is 0.304. The Morgan fingerprint density at radius 1 is 1.03 bits per heavy atom. The number of hydrogen-bond donors (Lipinski definition) is 1. The smallest absolute Gasteiger partial charge is 0.194 e. The summed E-state index contributed by atoms with van der Waals surface area (Å²) in [7, 11) is 0. The molecule has 30 heavy (non-hydrogen) atoms. The van der Waals surface area contributed by atoms with Crippen molar-refractivity contribution in [3.05, 3.63) is 60.7 Å². The van der Waals surface area contributed by atoms with E-state index in [0.29, 0.717) is 24.0 Å². The average Bonchev–Trinajstić information content (AvgIpc) is 3.41. The maximum Gasteiger partial charge on any atom is 0.194 e. The summed E-state index contributed by atoms with van der Waals surface area (Å²) >= 11 is 0. The van der Waals surface area contributed by atoms with Crippen molar-refractivity contribution in [3.63, 3.8) is 0 Å². The highest BCUT2D eigenvalue weighted by molar-refractivity contribution is 5.75. The van der Waals surface area contributed by atoms with E-state index in [1.165, 1.54) is 0 Å². The van der Waals surface area contributed by atoms with Crippen molar-refractivity contribution in [1.82, 2.24) is 4.98 Å². The van der Waals surface area contributed by atoms with Gasteiger partial charge in [0.15, 0.2) is 17.3 Å². The van der Waals surface area contributed by atoms with Gasteiger partial charge in [0.05, 0.1) is 6.61 Å². The van der Waals surface area contributed by atoms with Crippen LogP contribution in [0.15, 0.2) is 64.2 Å². The molecule has 1 aromatic heterocycles. The van der Waals surface area contributed by atoms with Crippen molar-refractivity contribution in [2.45, 2.75) is 25.8 Å². The van der Waals surface area contributed by atoms with Crippen molar-refractivity contribution in [2.24, 2.45) is 4.99 Å². The van der Waals surface area contributed by atoms with Crippen molar-refractivity contribution < 1.29 is 23.7 Å². The predicted octanol–water partition coefficient (Wildman–Crippen LogP) is 4.25. The molecule has 156 valence electrons. The lowest BCUT2D eigenvalue weighted by Gasteiger charge is -2.21. The minimum Gasteiger partial charge on any atom is -0.491 e. The second-order valence-corrected chi connectivity index (χ2v) is 7.17. The zero-order chi connectivity index (χ0) is 21.0. The first-order valence-corrected chi connectivity index (χ1v) is 9.85. The summed E-state index contributed by atoms with van der Waals surface area (Å²) in [4.78, 5) is 8.78. The van der Waals surface area contributed by atoms with Gasteiger partial charge in [0.25, 0.3) is 0 Å². The molecule has 7 nitrogen and oxygen atoms in total. The number of aliphatic imine (C=N–C) groups is 1. The molecule has 0 amide bonds. The minimum absolute atomic E-state index is 0.129. The van der Waals surface area contributed by atoms with Crippen molar-refractivity contribution in [2.75, 3.05) is 19.8 Å². The molecule has 1 N–H and O–H groups in total. The highest BCUT2D eigenvalue weighted by Gasteiger charge is 2.36. The molecule has 2 aromatic carbocycles. The van der Waals surface area contributed by atoms with Crippen LogP contribution in [0.2, 0.25) is 0 Å². The molecule has 0 saturated carbocycles. The van der Waals surface area contributed by atoms with Gasteiger partial charge < -0.3 is 23.7 Å². The van der Waals surface area contributed by atoms with E-state index in [4.69, 9.17) is 18.6 Å². The van der Waals surface area contributed by atoms with Gasteiger partial charge >= 0.3 is 0 Å². The minimum atomic E-state index is -0.733. The summed E-state index contributed by atoms with van der Waals surface area (Å²) in [6.45, 7) is 4.20. The van der Waals surface area contributed by atoms with E-state index in [1.807, 2.05) is 55.5 Å². The van der Waals surface area contributed by atoms with Gasteiger partial charge in [-0.3, -0.25) is 0 Å². The quantitative estimate of drug-likeness (QED) is 0.600. The number of benzene rings is 2. The molecule has 0 saturated heterocycles. The molecule has 0 radical (unpaired) electrons. The maximum atomic E-state index is 9.63. The van der Waals surface area contributed by atoms with Crippen LogP contribution in [-0.4, -0.2) is 41.3 Å². The summed E-state index contributed by atoms with van der Waals surface area (Å²) in [6.07, 6.45) is 2.43. The van der Waals surface area contributed by atoms with Gasteiger partial charge in [-0.25, -0.2) is 9.98 Å². The van der Waals surface area contributed by atoms with Gasteiger partial charge in [-0.15, -0.1) is 0 Å². The van der Waals surface area contributed by atoms with Gasteiger partial charge in [-0.1, -0.05) is 6.92 Å². The Bertz CT molecular complexity index is 1010. The number of oxazole rings is 1. The van der Waals surface area contributed by atoms with E-state index >= 15 is 0 Å². The van der Waals surface area contributed by atoms with E-state index in [1.54, 1.807) is 13.2 Å². The number of rotatable bonds is 8. The molecule has 1 aliphatic heterocycles. The lowest BCUT2D eigenvalue weighted by molar-refractivity contribution is 0.107. The fourth-order valence-corrected chi connectivity index (χ4v) is 3.10. The fourth-order valence-electron chi connectivity index (χ4n) is 3.10. The predicted molar refractivity (Wildman–Crippen MR) is 112 cm³/mol. The van der Waals surface area contributed by atoms with Crippen LogP contribution < -0.4 is 9.47 Å². The monoisotopic (exact) mass is 408 g/mol. The molecule has 0 aliphatic carbocycles. The Morgan fingerprint density at radius 3 is 2.27 bits per heavy atom. The molecule has 1 atom stereocenters. The molecule has 2 heterocycles. The van der Waals surface area contributed by atoms with Gasteiger partial charge in [0.2, 0.25) is 0 Å². The molecule has 1 unspecified atom stereocenters. The second kappa shape index (κ2) is 8.59. The number of aliphatic hydroxyl groups excluding tert-OH is 1. The molecule has 1 aliphatic rings. The number of aromatic nitrogens is 1. The van der Waals surface area contributed by atoms with Crippen LogP contribution >= 0.6 is 0 Å². The summed E-state index contributed by atoms with van der Waals surface area (Å²) < 4.78 is 22.4. The summed E-state index contributed by atoms with van der Waals surface area (Å²) in [5.74, 6) is 3.37. The van der Waals surface area contributed by atoms with Crippen LogP contribution in [0.3, 0.4) is 0 Å². The first kappa shape index (κ1) is 20.0. The Labute approximate surface area is 175 Å². The number of aliphatic hydroxyl groups is 1. The van der Waals surface area contributed by atoms with Gasteiger partial charge in [0, 0.05) is 18.9 Å². The molecule has 3 aromatic rings. The lowest BCUT2D eigenvalue weighted by Crippen LogP contribution is -2.39. The second-order valence-electron chi connectivity index (χ2n) is 7.17. The molecule has 0 fully saturated rings. The molecule has 4 rings (SSSR count). The Morgan fingerprint density at radius 2 is 1.70 bits per heavy atom. The van der Waals surface area contributed by atoms with Crippen molar-refractivity contribution >= 4 is 5.90 Å². The summed E-state index contributed by atoms with van der Waals surface area (Å²) in [5, 5.41) is 9.63. The van der Waals surface area contributed by atoms with E-state index < -0.39 is 5.54 Å². The Kier molecular flexibility index (Phi) is 5.72. The molecular weight excluding hydrogens is 384 g/mol. The van der Waals surface area contributed by atoms with Crippen LogP contribution in [0.1, 0.15) is 19.7 Å². The molecule has 0 bridgehead atoms. The third-order valence-electron chi connectivity index (χ3n) is 4.81. The van der Waals surface area contributed by atoms with Crippen LogP contribution in [0, 0.1) is 0 Å². The first-order chi connectivity index (χ1) is 14.6. The standard InChI is InChI=1S/C23H24N2O5/c1-3-22-24-21(12-27-22)17-4-6-19(7-5-17)30-20-10-8-18(9-11-20)29-15-23(13-26)14-28-16(2)25-23/h4-12,26H,3,13-15H2,1-2H3. The van der Waals surface area contributed by atoms with E-state index in [-0.39, 0.29) is 13.2 Å². The van der Waals surface area contributed by atoms with Gasteiger partial charge in [0.1, 0.15) is 42.4 Å². The summed E-state index contributed by atoms with van der Waals surface area (Å²) in [6, 6.07) is 15.0.